The van der Waals surface area contributed by atoms with E-state index in [4.69, 9.17) is 11.6 Å². The number of benzene rings is 1. The summed E-state index contributed by atoms with van der Waals surface area (Å²) in [5.41, 5.74) is 3.32. The topological polar surface area (TPSA) is 88.1 Å². The molecule has 0 bridgehead atoms. The summed E-state index contributed by atoms with van der Waals surface area (Å²) in [6, 6.07) is 5.50. The molecule has 7 nitrogen and oxygen atoms in total. The van der Waals surface area contributed by atoms with Crippen molar-refractivity contribution in [2.24, 2.45) is 0 Å². The summed E-state index contributed by atoms with van der Waals surface area (Å²) in [5, 5.41) is 2.83. The molecule has 0 unspecified atom stereocenters. The Hall–Kier alpha value is -2.98. The normalized spacial score (nSPS) is 16.6. The molecule has 34 heavy (non-hydrogen) atoms. The smallest absolute Gasteiger partial charge is 0.249 e. The molecule has 0 spiro atoms. The van der Waals surface area contributed by atoms with Crippen molar-refractivity contribution in [1.82, 2.24) is 20.3 Å². The van der Waals surface area contributed by atoms with Crippen LogP contribution in [-0.2, 0) is 9.59 Å². The molecule has 11 heteroatoms. The van der Waals surface area contributed by atoms with Crippen LogP contribution in [0.1, 0.15) is 37.4 Å². The zero-order chi connectivity index (χ0) is 24.1. The monoisotopic (exact) mass is 505 g/mol. The predicted octanol–water partition coefficient (Wildman–Crippen LogP) is 4.61. The van der Waals surface area contributed by atoms with Crippen molar-refractivity contribution in [2.75, 3.05) is 10.8 Å². The average Bonchev–Trinajstić information content (AvgIpc) is 3.39. The quantitative estimate of drug-likeness (QED) is 0.474. The number of alkyl halides is 3. The number of anilines is 1. The van der Waals surface area contributed by atoms with Crippen LogP contribution in [-0.4, -0.2) is 44.6 Å². The summed E-state index contributed by atoms with van der Waals surface area (Å²) >= 11 is 7.40. The van der Waals surface area contributed by atoms with Gasteiger partial charge < -0.3 is 5.32 Å². The number of nitrogens with one attached hydrogen (secondary N) is 1. The van der Waals surface area contributed by atoms with E-state index in [1.54, 1.807) is 23.8 Å². The second-order valence-corrected chi connectivity index (χ2v) is 9.14. The van der Waals surface area contributed by atoms with E-state index < -0.39 is 29.8 Å². The minimum Gasteiger partial charge on any atom is -0.351 e. The molecule has 1 aliphatic rings. The molecular formula is C23H22ClF2N5O2S. The number of nitrogens with zero attached hydrogens (tertiary/aromatic N) is 4. The summed E-state index contributed by atoms with van der Waals surface area (Å²) in [7, 11) is 0. The lowest BCUT2D eigenvalue weighted by atomic mass is 9.92. The van der Waals surface area contributed by atoms with E-state index in [2.05, 4.69) is 20.3 Å². The Kier molecular flexibility index (Phi) is 7.47. The molecule has 1 aromatic carbocycles. The number of hydrogen-bond donors (Lipinski definition) is 1. The molecule has 4 rings (SSSR count). The Morgan fingerprint density at radius 3 is 2.47 bits per heavy atom. The fourth-order valence-electron chi connectivity index (χ4n) is 3.95. The molecular weight excluding hydrogens is 484 g/mol. The lowest BCUT2D eigenvalue weighted by Gasteiger charge is -2.33. The van der Waals surface area contributed by atoms with E-state index in [9.17, 15) is 18.4 Å². The summed E-state index contributed by atoms with van der Waals surface area (Å²) in [6.07, 6.45) is 5.74. The molecule has 178 valence electrons. The predicted molar refractivity (Wildman–Crippen MR) is 126 cm³/mol. The standard InChI is InChI=1S/C23H22ClF2N5O2S/c24-11-20(32)31(17-3-1-15(2-4-17)19-13-28-14-34-19)21(18-12-27-9-10-29-18)22(33)30-16-5-7-23(25,26)8-6-16/h1-4,9-10,12-14,16,21H,5-8,11H2,(H,30,33)/t21-/m0/s1. The zero-order valence-corrected chi connectivity index (χ0v) is 19.6. The van der Waals surface area contributed by atoms with Crippen molar-refractivity contribution in [3.63, 3.8) is 0 Å². The number of rotatable bonds is 7. The van der Waals surface area contributed by atoms with Crippen LogP contribution in [0.4, 0.5) is 14.5 Å². The van der Waals surface area contributed by atoms with Gasteiger partial charge in [0.15, 0.2) is 6.04 Å². The molecule has 1 atom stereocenters. The highest BCUT2D eigenvalue weighted by Gasteiger charge is 2.38. The minimum atomic E-state index is -2.72. The zero-order valence-electron chi connectivity index (χ0n) is 18.0. The molecule has 1 fully saturated rings. The molecule has 0 saturated heterocycles. The molecule has 1 saturated carbocycles. The van der Waals surface area contributed by atoms with Gasteiger partial charge in [-0.2, -0.15) is 0 Å². The van der Waals surface area contributed by atoms with Gasteiger partial charge >= 0.3 is 0 Å². The van der Waals surface area contributed by atoms with Crippen molar-refractivity contribution in [2.45, 2.75) is 43.7 Å². The van der Waals surface area contributed by atoms with E-state index in [1.165, 1.54) is 34.8 Å². The SMILES string of the molecule is O=C(NC1CCC(F)(F)CC1)[C@H](c1cnccn1)N(C(=O)CCl)c1ccc(-c2cncs2)cc1. The summed E-state index contributed by atoms with van der Waals surface area (Å²) in [4.78, 5) is 41.0. The van der Waals surface area contributed by atoms with Gasteiger partial charge in [0, 0.05) is 43.2 Å². The van der Waals surface area contributed by atoms with Gasteiger partial charge in [0.25, 0.3) is 0 Å². The van der Waals surface area contributed by atoms with Gasteiger partial charge in [0.2, 0.25) is 17.7 Å². The van der Waals surface area contributed by atoms with Crippen LogP contribution >= 0.6 is 22.9 Å². The van der Waals surface area contributed by atoms with E-state index >= 15 is 0 Å². The van der Waals surface area contributed by atoms with Crippen molar-refractivity contribution >= 4 is 40.4 Å². The van der Waals surface area contributed by atoms with E-state index in [0.717, 1.165) is 10.4 Å². The molecule has 2 aromatic heterocycles. The highest BCUT2D eigenvalue weighted by molar-refractivity contribution is 7.13. The summed E-state index contributed by atoms with van der Waals surface area (Å²) in [5.74, 6) is -4.11. The molecule has 3 aromatic rings. The van der Waals surface area contributed by atoms with Gasteiger partial charge in [0.1, 0.15) is 5.88 Å². The minimum absolute atomic E-state index is 0.152. The van der Waals surface area contributed by atoms with E-state index in [-0.39, 0.29) is 37.3 Å². The number of carbonyl (C=O) groups excluding carboxylic acids is 2. The Morgan fingerprint density at radius 1 is 1.15 bits per heavy atom. The third-order valence-electron chi connectivity index (χ3n) is 5.68. The maximum absolute atomic E-state index is 13.6. The van der Waals surface area contributed by atoms with Crippen LogP contribution in [0.5, 0.6) is 0 Å². The molecule has 1 N–H and O–H groups in total. The van der Waals surface area contributed by atoms with Gasteiger partial charge in [0.05, 0.1) is 22.3 Å². The van der Waals surface area contributed by atoms with Gasteiger partial charge in [-0.25, -0.2) is 8.78 Å². The third kappa shape index (κ3) is 5.56. The molecule has 1 aliphatic carbocycles. The molecule has 0 radical (unpaired) electrons. The fourth-order valence-corrected chi connectivity index (χ4v) is 4.70. The first kappa shape index (κ1) is 24.2. The Balaban J connectivity index is 1.65. The van der Waals surface area contributed by atoms with Crippen LogP contribution in [0, 0.1) is 0 Å². The summed E-state index contributed by atoms with van der Waals surface area (Å²) in [6.45, 7) is 0. The van der Waals surface area contributed by atoms with Crippen molar-refractivity contribution in [1.29, 1.82) is 0 Å². The Morgan fingerprint density at radius 2 is 1.88 bits per heavy atom. The number of halogens is 3. The van der Waals surface area contributed by atoms with Crippen molar-refractivity contribution in [3.05, 3.63) is 60.3 Å². The van der Waals surface area contributed by atoms with E-state index in [0.29, 0.717) is 5.69 Å². The largest absolute Gasteiger partial charge is 0.351 e. The van der Waals surface area contributed by atoms with Gasteiger partial charge in [-0.3, -0.25) is 29.4 Å². The average molecular weight is 506 g/mol. The second-order valence-electron chi connectivity index (χ2n) is 7.98. The highest BCUT2D eigenvalue weighted by Crippen LogP contribution is 2.34. The fraction of sp³-hybridized carbons (Fsp3) is 0.348. The second kappa shape index (κ2) is 10.5. The number of amides is 2. The number of hydrogen-bond acceptors (Lipinski definition) is 6. The first-order valence-electron chi connectivity index (χ1n) is 10.7. The lowest BCUT2D eigenvalue weighted by Crippen LogP contribution is -2.49. The third-order valence-corrected chi connectivity index (χ3v) is 6.73. The van der Waals surface area contributed by atoms with Crippen LogP contribution in [0.2, 0.25) is 0 Å². The lowest BCUT2D eigenvalue weighted by molar-refractivity contribution is -0.127. The van der Waals surface area contributed by atoms with Gasteiger partial charge in [-0.05, 0) is 30.5 Å². The maximum atomic E-state index is 13.6. The van der Waals surface area contributed by atoms with Crippen LogP contribution in [0.3, 0.4) is 0 Å². The van der Waals surface area contributed by atoms with Gasteiger partial charge in [-0.1, -0.05) is 12.1 Å². The van der Waals surface area contributed by atoms with Gasteiger partial charge in [-0.15, -0.1) is 22.9 Å². The number of aromatic nitrogens is 3. The van der Waals surface area contributed by atoms with Crippen LogP contribution in [0.25, 0.3) is 10.4 Å². The first-order valence-corrected chi connectivity index (χ1v) is 12.1. The molecule has 0 aliphatic heterocycles. The Labute approximate surface area is 204 Å². The Bertz CT molecular complexity index is 1110. The number of thiazole rings is 1. The molecule has 2 amide bonds. The van der Waals surface area contributed by atoms with Crippen molar-refractivity contribution < 1.29 is 18.4 Å². The van der Waals surface area contributed by atoms with Crippen LogP contribution < -0.4 is 10.2 Å². The van der Waals surface area contributed by atoms with Crippen molar-refractivity contribution in [3.8, 4) is 10.4 Å². The van der Waals surface area contributed by atoms with Crippen LogP contribution in [0.15, 0.2) is 54.6 Å². The number of carbonyl (C=O) groups is 2. The highest BCUT2D eigenvalue weighted by atomic mass is 35.5. The first-order chi connectivity index (χ1) is 16.4. The van der Waals surface area contributed by atoms with E-state index in [1.807, 2.05) is 12.1 Å². The maximum Gasteiger partial charge on any atom is 0.249 e. The molecule has 2 heterocycles. The summed E-state index contributed by atoms with van der Waals surface area (Å²) < 4.78 is 27.1.